The summed E-state index contributed by atoms with van der Waals surface area (Å²) in [4.78, 5) is 10.8. The van der Waals surface area contributed by atoms with Gasteiger partial charge in [-0.25, -0.2) is 0 Å². The van der Waals surface area contributed by atoms with E-state index in [0.29, 0.717) is 12.3 Å². The van der Waals surface area contributed by atoms with Crippen molar-refractivity contribution in [2.45, 2.75) is 39.2 Å². The van der Waals surface area contributed by atoms with Gasteiger partial charge in [0, 0.05) is 6.42 Å². The van der Waals surface area contributed by atoms with Gasteiger partial charge in [0.2, 0.25) is 0 Å². The molecule has 0 N–H and O–H groups in total. The predicted molar refractivity (Wildman–Crippen MR) is 38.6 cm³/mol. The highest BCUT2D eigenvalue weighted by Crippen LogP contribution is 2.22. The van der Waals surface area contributed by atoms with Crippen LogP contribution in [0.5, 0.6) is 0 Å². The highest BCUT2D eigenvalue weighted by atomic mass is 16.5. The minimum Gasteiger partial charge on any atom is -0.462 e. The number of carbonyl (C=O) groups excluding carboxylic acids is 1. The van der Waals surface area contributed by atoms with Crippen molar-refractivity contribution in [1.82, 2.24) is 0 Å². The lowest BCUT2D eigenvalue weighted by Crippen LogP contribution is -2.30. The molecule has 1 rings (SSSR count). The molecule has 1 aliphatic rings. The van der Waals surface area contributed by atoms with Gasteiger partial charge in [-0.05, 0) is 18.8 Å². The first-order valence-electron chi connectivity index (χ1n) is 3.93. The fourth-order valence-electron chi connectivity index (χ4n) is 1.36. The molecule has 2 atom stereocenters. The number of cyclic esters (lactones) is 1. The molecule has 1 fully saturated rings. The zero-order valence-electron chi connectivity index (χ0n) is 6.59. The van der Waals surface area contributed by atoms with Gasteiger partial charge in [-0.2, -0.15) is 0 Å². The van der Waals surface area contributed by atoms with Gasteiger partial charge in [-0.1, -0.05) is 13.8 Å². The number of esters is 1. The van der Waals surface area contributed by atoms with Crippen LogP contribution in [-0.4, -0.2) is 12.1 Å². The molecule has 0 aromatic rings. The summed E-state index contributed by atoms with van der Waals surface area (Å²) in [5, 5.41) is 0. The molecule has 0 spiro atoms. The Balaban J connectivity index is 2.45. The van der Waals surface area contributed by atoms with E-state index < -0.39 is 0 Å². The number of hydrogen-bond donors (Lipinski definition) is 0. The second kappa shape index (κ2) is 3.04. The van der Waals surface area contributed by atoms with Gasteiger partial charge in [0.1, 0.15) is 6.10 Å². The van der Waals surface area contributed by atoms with Crippen LogP contribution < -0.4 is 0 Å². The van der Waals surface area contributed by atoms with Crippen LogP contribution >= 0.6 is 0 Å². The fraction of sp³-hybridized carbons (Fsp3) is 0.875. The van der Waals surface area contributed by atoms with Crippen molar-refractivity contribution in [3.8, 4) is 0 Å². The minimum absolute atomic E-state index is 0.0232. The molecule has 1 heterocycles. The van der Waals surface area contributed by atoms with Crippen LogP contribution in [0.3, 0.4) is 0 Å². The zero-order valence-corrected chi connectivity index (χ0v) is 6.59. The first kappa shape index (κ1) is 7.58. The van der Waals surface area contributed by atoms with Gasteiger partial charge in [0.25, 0.3) is 0 Å². The highest BCUT2D eigenvalue weighted by Gasteiger charge is 2.25. The molecule has 1 aliphatic heterocycles. The van der Waals surface area contributed by atoms with Crippen LogP contribution in [0.1, 0.15) is 33.1 Å². The van der Waals surface area contributed by atoms with Crippen molar-refractivity contribution in [3.63, 3.8) is 0 Å². The van der Waals surface area contributed by atoms with Crippen LogP contribution in [0.15, 0.2) is 0 Å². The van der Waals surface area contributed by atoms with E-state index in [1.807, 2.05) is 0 Å². The van der Waals surface area contributed by atoms with Crippen molar-refractivity contribution in [3.05, 3.63) is 0 Å². The van der Waals surface area contributed by atoms with E-state index in [2.05, 4.69) is 13.8 Å². The van der Waals surface area contributed by atoms with E-state index in [0.717, 1.165) is 12.8 Å². The minimum atomic E-state index is -0.0232. The SMILES string of the molecule is CCC1OC(=O)CCC1C. The van der Waals surface area contributed by atoms with Gasteiger partial charge in [-0.3, -0.25) is 4.79 Å². The van der Waals surface area contributed by atoms with Crippen molar-refractivity contribution in [2.24, 2.45) is 5.92 Å². The lowest BCUT2D eigenvalue weighted by atomic mass is 9.95. The molecule has 58 valence electrons. The summed E-state index contributed by atoms with van der Waals surface area (Å²) in [5.41, 5.74) is 0. The molecule has 2 unspecified atom stereocenters. The maximum Gasteiger partial charge on any atom is 0.306 e. The summed E-state index contributed by atoms with van der Waals surface area (Å²) in [6.45, 7) is 4.19. The first-order valence-corrected chi connectivity index (χ1v) is 3.93. The summed E-state index contributed by atoms with van der Waals surface area (Å²) >= 11 is 0. The highest BCUT2D eigenvalue weighted by molar-refractivity contribution is 5.70. The molecule has 10 heavy (non-hydrogen) atoms. The van der Waals surface area contributed by atoms with Gasteiger partial charge < -0.3 is 4.74 Å². The third-order valence-electron chi connectivity index (χ3n) is 2.12. The second-order valence-corrected chi connectivity index (χ2v) is 2.95. The molecule has 0 bridgehead atoms. The fourth-order valence-corrected chi connectivity index (χ4v) is 1.36. The second-order valence-electron chi connectivity index (χ2n) is 2.95. The Kier molecular flexibility index (Phi) is 2.30. The monoisotopic (exact) mass is 142 g/mol. The van der Waals surface area contributed by atoms with Gasteiger partial charge in [0.05, 0.1) is 0 Å². The van der Waals surface area contributed by atoms with E-state index in [1.54, 1.807) is 0 Å². The van der Waals surface area contributed by atoms with Crippen LogP contribution in [0.2, 0.25) is 0 Å². The zero-order chi connectivity index (χ0) is 7.56. The molecular weight excluding hydrogens is 128 g/mol. The quantitative estimate of drug-likeness (QED) is 0.521. The van der Waals surface area contributed by atoms with Crippen molar-refractivity contribution < 1.29 is 9.53 Å². The molecule has 2 nitrogen and oxygen atoms in total. The van der Waals surface area contributed by atoms with Crippen LogP contribution in [0, 0.1) is 5.92 Å². The standard InChI is InChI=1S/C8H14O2/c1-3-7-6(2)4-5-8(9)10-7/h6-7H,3-5H2,1-2H3. The van der Waals surface area contributed by atoms with E-state index in [1.165, 1.54) is 0 Å². The Hall–Kier alpha value is -0.530. The Morgan fingerprint density at radius 3 is 2.90 bits per heavy atom. The Labute approximate surface area is 61.6 Å². The Morgan fingerprint density at radius 1 is 1.70 bits per heavy atom. The van der Waals surface area contributed by atoms with Crippen LogP contribution in [0.25, 0.3) is 0 Å². The number of ether oxygens (including phenoxy) is 1. The maximum absolute atomic E-state index is 10.8. The molecular formula is C8H14O2. The van der Waals surface area contributed by atoms with Crippen molar-refractivity contribution in [1.29, 1.82) is 0 Å². The third-order valence-corrected chi connectivity index (χ3v) is 2.12. The van der Waals surface area contributed by atoms with Crippen LogP contribution in [-0.2, 0) is 9.53 Å². The Morgan fingerprint density at radius 2 is 2.40 bits per heavy atom. The summed E-state index contributed by atoms with van der Waals surface area (Å²) < 4.78 is 5.11. The Bertz CT molecular complexity index is 131. The van der Waals surface area contributed by atoms with Crippen molar-refractivity contribution in [2.75, 3.05) is 0 Å². The van der Waals surface area contributed by atoms with E-state index in [9.17, 15) is 4.79 Å². The van der Waals surface area contributed by atoms with Crippen molar-refractivity contribution >= 4 is 5.97 Å². The molecule has 0 aromatic carbocycles. The smallest absolute Gasteiger partial charge is 0.306 e. The summed E-state index contributed by atoms with van der Waals surface area (Å²) in [6.07, 6.45) is 2.74. The summed E-state index contributed by atoms with van der Waals surface area (Å²) in [5.74, 6) is 0.535. The van der Waals surface area contributed by atoms with Gasteiger partial charge in [-0.15, -0.1) is 0 Å². The molecule has 2 heteroatoms. The number of carbonyl (C=O) groups is 1. The molecule has 0 radical (unpaired) electrons. The van der Waals surface area contributed by atoms with Gasteiger partial charge >= 0.3 is 5.97 Å². The number of rotatable bonds is 1. The maximum atomic E-state index is 10.8. The van der Waals surface area contributed by atoms with E-state index >= 15 is 0 Å². The first-order chi connectivity index (χ1) is 4.74. The average Bonchev–Trinajstić information content (AvgIpc) is 1.94. The third kappa shape index (κ3) is 1.49. The average molecular weight is 142 g/mol. The molecule has 0 saturated carbocycles. The predicted octanol–water partition coefficient (Wildman–Crippen LogP) is 1.74. The molecule has 1 saturated heterocycles. The molecule has 0 aliphatic carbocycles. The largest absolute Gasteiger partial charge is 0.462 e. The summed E-state index contributed by atoms with van der Waals surface area (Å²) in [7, 11) is 0. The van der Waals surface area contributed by atoms with E-state index in [-0.39, 0.29) is 12.1 Å². The normalized spacial score (nSPS) is 33.6. The van der Waals surface area contributed by atoms with E-state index in [4.69, 9.17) is 4.74 Å². The van der Waals surface area contributed by atoms with Crippen LogP contribution in [0.4, 0.5) is 0 Å². The lowest BCUT2D eigenvalue weighted by molar-refractivity contribution is -0.157. The molecule has 0 aromatic heterocycles. The topological polar surface area (TPSA) is 26.3 Å². The number of hydrogen-bond acceptors (Lipinski definition) is 2. The summed E-state index contributed by atoms with van der Waals surface area (Å²) in [6, 6.07) is 0. The molecule has 0 amide bonds. The lowest BCUT2D eigenvalue weighted by Gasteiger charge is -2.27. The van der Waals surface area contributed by atoms with Gasteiger partial charge in [0.15, 0.2) is 0 Å².